The third-order valence-corrected chi connectivity index (χ3v) is 4.26. The molecule has 1 aromatic carbocycles. The molecule has 1 aliphatic rings. The summed E-state index contributed by atoms with van der Waals surface area (Å²) < 4.78 is 0. The number of carbonyl (C=O) groups is 2. The molecule has 0 radical (unpaired) electrons. The highest BCUT2D eigenvalue weighted by molar-refractivity contribution is 6.21. The SMILES string of the molecule is C[NH+](CCc1ccccn1)[C@H]1CC(=O)N(c2ccccc2)C1=O. The summed E-state index contributed by atoms with van der Waals surface area (Å²) in [6, 6.07) is 14.6. The van der Waals surface area contributed by atoms with Crippen molar-refractivity contribution in [3.05, 3.63) is 60.4 Å². The molecule has 2 atom stereocenters. The summed E-state index contributed by atoms with van der Waals surface area (Å²) in [5.74, 6) is -0.233. The van der Waals surface area contributed by atoms with Gasteiger partial charge in [0.1, 0.15) is 0 Å². The number of likely N-dealkylation sites (N-methyl/N-ethyl adjacent to an activating group) is 1. The van der Waals surface area contributed by atoms with Crippen LogP contribution in [0.5, 0.6) is 0 Å². The van der Waals surface area contributed by atoms with Gasteiger partial charge in [0.05, 0.1) is 25.7 Å². The zero-order valence-corrected chi connectivity index (χ0v) is 13.1. The molecule has 2 heterocycles. The van der Waals surface area contributed by atoms with E-state index in [1.54, 1.807) is 18.3 Å². The first-order valence-corrected chi connectivity index (χ1v) is 7.81. The van der Waals surface area contributed by atoms with E-state index in [2.05, 4.69) is 4.98 Å². The van der Waals surface area contributed by atoms with E-state index in [1.807, 2.05) is 43.4 Å². The van der Waals surface area contributed by atoms with Gasteiger partial charge in [-0.2, -0.15) is 0 Å². The fourth-order valence-corrected chi connectivity index (χ4v) is 2.91. The molecule has 3 rings (SSSR count). The molecule has 0 aliphatic carbocycles. The fourth-order valence-electron chi connectivity index (χ4n) is 2.91. The van der Waals surface area contributed by atoms with Crippen LogP contribution in [0.4, 0.5) is 5.69 Å². The minimum absolute atomic E-state index is 0.111. The van der Waals surface area contributed by atoms with Crippen molar-refractivity contribution in [1.29, 1.82) is 0 Å². The number of amides is 2. The van der Waals surface area contributed by atoms with Gasteiger partial charge >= 0.3 is 0 Å². The predicted molar refractivity (Wildman–Crippen MR) is 87.0 cm³/mol. The Morgan fingerprint density at radius 2 is 1.87 bits per heavy atom. The number of aromatic nitrogens is 1. The maximum Gasteiger partial charge on any atom is 0.292 e. The van der Waals surface area contributed by atoms with Crippen LogP contribution in [0.1, 0.15) is 12.1 Å². The molecular formula is C18H20N3O2+. The molecule has 1 aromatic heterocycles. The van der Waals surface area contributed by atoms with Crippen molar-refractivity contribution in [3.63, 3.8) is 0 Å². The molecule has 1 saturated heterocycles. The molecule has 2 aromatic rings. The van der Waals surface area contributed by atoms with Gasteiger partial charge in [-0.3, -0.25) is 14.6 Å². The molecule has 5 nitrogen and oxygen atoms in total. The van der Waals surface area contributed by atoms with Gasteiger partial charge in [-0.05, 0) is 24.3 Å². The van der Waals surface area contributed by atoms with Crippen molar-refractivity contribution in [1.82, 2.24) is 4.98 Å². The summed E-state index contributed by atoms with van der Waals surface area (Å²) in [6.07, 6.45) is 2.82. The number of imide groups is 1. The lowest BCUT2D eigenvalue weighted by Gasteiger charge is -2.20. The van der Waals surface area contributed by atoms with E-state index in [-0.39, 0.29) is 24.3 Å². The van der Waals surface area contributed by atoms with Gasteiger partial charge in [-0.25, -0.2) is 4.90 Å². The second kappa shape index (κ2) is 6.71. The van der Waals surface area contributed by atoms with Crippen LogP contribution < -0.4 is 9.80 Å². The van der Waals surface area contributed by atoms with Gasteiger partial charge in [-0.1, -0.05) is 24.3 Å². The number of rotatable bonds is 5. The highest BCUT2D eigenvalue weighted by Crippen LogP contribution is 2.21. The van der Waals surface area contributed by atoms with E-state index in [9.17, 15) is 9.59 Å². The third kappa shape index (κ3) is 3.29. The first-order valence-electron chi connectivity index (χ1n) is 7.81. The maximum atomic E-state index is 12.6. The Morgan fingerprint density at radius 1 is 1.13 bits per heavy atom. The number of hydrogen-bond donors (Lipinski definition) is 1. The van der Waals surface area contributed by atoms with Gasteiger partial charge < -0.3 is 4.90 Å². The molecule has 0 spiro atoms. The first kappa shape index (κ1) is 15.4. The monoisotopic (exact) mass is 310 g/mol. The zero-order valence-electron chi connectivity index (χ0n) is 13.1. The number of para-hydroxylation sites is 1. The van der Waals surface area contributed by atoms with Crippen molar-refractivity contribution in [2.75, 3.05) is 18.5 Å². The highest BCUT2D eigenvalue weighted by Gasteiger charge is 2.44. The molecule has 23 heavy (non-hydrogen) atoms. The molecular weight excluding hydrogens is 290 g/mol. The van der Waals surface area contributed by atoms with Crippen LogP contribution in [0.3, 0.4) is 0 Å². The number of pyridine rings is 1. The summed E-state index contributed by atoms with van der Waals surface area (Å²) in [7, 11) is 1.97. The van der Waals surface area contributed by atoms with E-state index < -0.39 is 0 Å². The second-order valence-corrected chi connectivity index (χ2v) is 5.83. The lowest BCUT2D eigenvalue weighted by atomic mass is 10.2. The van der Waals surface area contributed by atoms with Gasteiger partial charge in [-0.15, -0.1) is 0 Å². The standard InChI is InChI=1S/C18H19N3O2/c1-20(12-10-14-7-5-6-11-19-14)16-13-17(22)21(18(16)23)15-8-3-2-4-9-15/h2-9,11,16H,10,12-13H2,1H3/p+1/t16-/m0/s1. The van der Waals surface area contributed by atoms with E-state index in [0.29, 0.717) is 5.69 Å². The number of anilines is 1. The van der Waals surface area contributed by atoms with E-state index in [1.165, 1.54) is 4.90 Å². The Labute approximate surface area is 135 Å². The molecule has 1 fully saturated rings. The van der Waals surface area contributed by atoms with Crippen LogP contribution in [-0.2, 0) is 16.0 Å². The second-order valence-electron chi connectivity index (χ2n) is 5.83. The maximum absolute atomic E-state index is 12.6. The van der Waals surface area contributed by atoms with Crippen molar-refractivity contribution < 1.29 is 14.5 Å². The summed E-state index contributed by atoms with van der Waals surface area (Å²) >= 11 is 0. The Bertz CT molecular complexity index is 688. The lowest BCUT2D eigenvalue weighted by molar-refractivity contribution is -0.894. The normalized spacial score (nSPS) is 19.2. The first-order chi connectivity index (χ1) is 11.2. The third-order valence-electron chi connectivity index (χ3n) is 4.26. The minimum atomic E-state index is -0.314. The van der Waals surface area contributed by atoms with E-state index in [4.69, 9.17) is 0 Å². The number of nitrogens with zero attached hydrogens (tertiary/aromatic N) is 2. The Balaban J connectivity index is 1.67. The van der Waals surface area contributed by atoms with Crippen LogP contribution in [0.25, 0.3) is 0 Å². The van der Waals surface area contributed by atoms with Gasteiger partial charge in [0.2, 0.25) is 5.91 Å². The molecule has 118 valence electrons. The van der Waals surface area contributed by atoms with E-state index in [0.717, 1.165) is 23.6 Å². The number of carbonyl (C=O) groups excluding carboxylic acids is 2. The summed E-state index contributed by atoms with van der Waals surface area (Å²) in [5, 5.41) is 0. The highest BCUT2D eigenvalue weighted by atomic mass is 16.2. The van der Waals surface area contributed by atoms with Crippen molar-refractivity contribution in [2.45, 2.75) is 18.9 Å². The van der Waals surface area contributed by atoms with Crippen LogP contribution >= 0.6 is 0 Å². The summed E-state index contributed by atoms with van der Waals surface area (Å²) in [6.45, 7) is 0.767. The van der Waals surface area contributed by atoms with Crippen molar-refractivity contribution in [2.24, 2.45) is 0 Å². The largest absolute Gasteiger partial charge is 0.326 e. The van der Waals surface area contributed by atoms with E-state index >= 15 is 0 Å². The van der Waals surface area contributed by atoms with Crippen molar-refractivity contribution >= 4 is 17.5 Å². The number of nitrogens with one attached hydrogen (secondary N) is 1. The number of quaternary nitrogens is 1. The lowest BCUT2D eigenvalue weighted by Crippen LogP contribution is -3.14. The molecule has 1 N–H and O–H groups in total. The Hall–Kier alpha value is -2.53. The van der Waals surface area contributed by atoms with Gasteiger partial charge in [0.15, 0.2) is 6.04 Å². The molecule has 5 heteroatoms. The molecule has 0 saturated carbocycles. The van der Waals surface area contributed by atoms with Crippen LogP contribution in [0, 0.1) is 0 Å². The van der Waals surface area contributed by atoms with Crippen LogP contribution in [0.2, 0.25) is 0 Å². The summed E-state index contributed by atoms with van der Waals surface area (Å²) in [4.78, 5) is 31.6. The van der Waals surface area contributed by atoms with Crippen LogP contribution in [-0.4, -0.2) is 36.4 Å². The number of hydrogen-bond acceptors (Lipinski definition) is 3. The number of benzene rings is 1. The Kier molecular flexibility index (Phi) is 4.48. The average Bonchev–Trinajstić information content (AvgIpc) is 2.89. The van der Waals surface area contributed by atoms with Gasteiger partial charge in [0.25, 0.3) is 5.91 Å². The smallest absolute Gasteiger partial charge is 0.292 e. The van der Waals surface area contributed by atoms with Gasteiger partial charge in [0, 0.05) is 18.3 Å². The van der Waals surface area contributed by atoms with Crippen LogP contribution in [0.15, 0.2) is 54.7 Å². The topological polar surface area (TPSA) is 54.7 Å². The fraction of sp³-hybridized carbons (Fsp3) is 0.278. The molecule has 1 aliphatic heterocycles. The molecule has 1 unspecified atom stereocenters. The Morgan fingerprint density at radius 3 is 2.57 bits per heavy atom. The summed E-state index contributed by atoms with van der Waals surface area (Å²) in [5.41, 5.74) is 1.66. The molecule has 2 amide bonds. The minimum Gasteiger partial charge on any atom is -0.326 e. The zero-order chi connectivity index (χ0) is 16.2. The predicted octanol–water partition coefficient (Wildman–Crippen LogP) is 0.471. The molecule has 0 bridgehead atoms. The average molecular weight is 310 g/mol. The van der Waals surface area contributed by atoms with Crippen molar-refractivity contribution in [3.8, 4) is 0 Å². The quantitative estimate of drug-likeness (QED) is 0.817.